The van der Waals surface area contributed by atoms with E-state index in [1.54, 1.807) is 24.3 Å². The number of anilines is 1. The molecule has 2 aromatic carbocycles. The third kappa shape index (κ3) is 7.29. The van der Waals surface area contributed by atoms with Crippen LogP contribution < -0.4 is 10.6 Å². The van der Waals surface area contributed by atoms with Crippen LogP contribution in [0.2, 0.25) is 20.1 Å². The monoisotopic (exact) mass is 587 g/mol. The fourth-order valence-electron chi connectivity index (χ4n) is 3.51. The molecule has 0 spiro atoms. The molecule has 3 aromatic rings. The van der Waals surface area contributed by atoms with Gasteiger partial charge >= 0.3 is 0 Å². The summed E-state index contributed by atoms with van der Waals surface area (Å²) in [5.74, 6) is 0.331. The molecule has 0 aliphatic rings. The van der Waals surface area contributed by atoms with Gasteiger partial charge in [-0.05, 0) is 43.5 Å². The van der Waals surface area contributed by atoms with Crippen LogP contribution in [0.3, 0.4) is 0 Å². The predicted octanol–water partition coefficient (Wildman–Crippen LogP) is 7.16. The van der Waals surface area contributed by atoms with E-state index in [1.807, 2.05) is 11.5 Å². The molecule has 1 heterocycles. The number of thioether (sulfide) groups is 1. The van der Waals surface area contributed by atoms with Crippen LogP contribution in [0.1, 0.15) is 49.4 Å². The van der Waals surface area contributed by atoms with Gasteiger partial charge < -0.3 is 15.2 Å². The molecule has 0 bridgehead atoms. The minimum absolute atomic E-state index is 0.0498. The molecular formula is C24H25Cl4N5O2S. The van der Waals surface area contributed by atoms with Crippen LogP contribution in [-0.2, 0) is 11.3 Å². The standard InChI is InChI=1S/C24H25Cl4N5O2S/c1-4-33-22(19(9-13(2)3)29-23(35)15-7-5-6-8-16(15)26)31-32-24(33)36-12-20(34)30-21-17(27)10-14(25)11-18(21)28/h5-8,10-11,13,19H,4,9,12H2,1-3H3,(H,29,35)(H,30,34)/t19-/m0/s1. The van der Waals surface area contributed by atoms with Crippen LogP contribution >= 0.6 is 58.2 Å². The fraction of sp³-hybridized carbons (Fsp3) is 0.333. The van der Waals surface area contributed by atoms with Gasteiger partial charge in [-0.2, -0.15) is 0 Å². The highest BCUT2D eigenvalue weighted by Gasteiger charge is 2.25. The molecule has 2 amide bonds. The lowest BCUT2D eigenvalue weighted by Gasteiger charge is -2.21. The van der Waals surface area contributed by atoms with E-state index in [0.29, 0.717) is 45.2 Å². The molecule has 0 unspecified atom stereocenters. The minimum atomic E-state index is -0.393. The second-order valence-corrected chi connectivity index (χ2v) is 10.9. The number of halogens is 4. The van der Waals surface area contributed by atoms with Crippen molar-refractivity contribution in [1.82, 2.24) is 20.1 Å². The van der Waals surface area contributed by atoms with Crippen molar-refractivity contribution in [3.05, 3.63) is 67.9 Å². The lowest BCUT2D eigenvalue weighted by atomic mass is 10.0. The Morgan fingerprint density at radius 1 is 1.03 bits per heavy atom. The minimum Gasteiger partial charge on any atom is -0.342 e. The quantitative estimate of drug-likeness (QED) is 0.245. The van der Waals surface area contributed by atoms with Gasteiger partial charge in [0.25, 0.3) is 5.91 Å². The van der Waals surface area contributed by atoms with Crippen molar-refractivity contribution in [2.75, 3.05) is 11.1 Å². The van der Waals surface area contributed by atoms with E-state index in [9.17, 15) is 9.59 Å². The van der Waals surface area contributed by atoms with Crippen molar-refractivity contribution in [3.8, 4) is 0 Å². The maximum absolute atomic E-state index is 13.0. The number of nitrogens with one attached hydrogen (secondary N) is 2. The van der Waals surface area contributed by atoms with E-state index in [2.05, 4.69) is 34.7 Å². The van der Waals surface area contributed by atoms with E-state index in [1.165, 1.54) is 23.9 Å². The molecule has 1 aromatic heterocycles. The van der Waals surface area contributed by atoms with E-state index < -0.39 is 6.04 Å². The average Bonchev–Trinajstić information content (AvgIpc) is 3.22. The second kappa shape index (κ2) is 13.0. The third-order valence-corrected chi connectivity index (χ3v) is 7.22. The summed E-state index contributed by atoms with van der Waals surface area (Å²) in [6, 6.07) is 9.49. The number of amides is 2. The lowest BCUT2D eigenvalue weighted by molar-refractivity contribution is -0.113. The maximum atomic E-state index is 13.0. The molecule has 12 heteroatoms. The largest absolute Gasteiger partial charge is 0.342 e. The number of hydrogen-bond donors (Lipinski definition) is 2. The predicted molar refractivity (Wildman–Crippen MR) is 148 cm³/mol. The number of aromatic nitrogens is 3. The Morgan fingerprint density at radius 2 is 1.69 bits per heavy atom. The number of rotatable bonds is 10. The molecule has 0 radical (unpaired) electrons. The summed E-state index contributed by atoms with van der Waals surface area (Å²) in [5.41, 5.74) is 0.687. The van der Waals surface area contributed by atoms with E-state index in [-0.39, 0.29) is 33.5 Å². The highest BCUT2D eigenvalue weighted by Crippen LogP contribution is 2.34. The van der Waals surface area contributed by atoms with Crippen molar-refractivity contribution < 1.29 is 9.59 Å². The van der Waals surface area contributed by atoms with E-state index in [4.69, 9.17) is 46.4 Å². The summed E-state index contributed by atoms with van der Waals surface area (Å²) in [6.45, 7) is 6.63. The van der Waals surface area contributed by atoms with Crippen LogP contribution in [0, 0.1) is 5.92 Å². The van der Waals surface area contributed by atoms with Crippen LogP contribution in [0.5, 0.6) is 0 Å². The van der Waals surface area contributed by atoms with Gasteiger partial charge in [0.15, 0.2) is 11.0 Å². The first-order valence-corrected chi connectivity index (χ1v) is 13.7. The molecule has 36 heavy (non-hydrogen) atoms. The third-order valence-electron chi connectivity index (χ3n) is 5.11. The molecular weight excluding hydrogens is 564 g/mol. The van der Waals surface area contributed by atoms with Gasteiger partial charge in [0.2, 0.25) is 5.91 Å². The van der Waals surface area contributed by atoms with E-state index >= 15 is 0 Å². The zero-order valence-corrected chi connectivity index (χ0v) is 23.7. The van der Waals surface area contributed by atoms with Gasteiger partial charge in [0.05, 0.1) is 38.1 Å². The molecule has 0 saturated heterocycles. The van der Waals surface area contributed by atoms with Gasteiger partial charge in [-0.3, -0.25) is 9.59 Å². The zero-order valence-electron chi connectivity index (χ0n) is 19.8. The van der Waals surface area contributed by atoms with Gasteiger partial charge in [-0.1, -0.05) is 84.1 Å². The number of carbonyl (C=O) groups excluding carboxylic acids is 2. The normalized spacial score (nSPS) is 12.0. The SMILES string of the molecule is CCn1c(SCC(=O)Nc2c(Cl)cc(Cl)cc2Cl)nnc1[C@H](CC(C)C)NC(=O)c1ccccc1Cl. The van der Waals surface area contributed by atoms with Crippen molar-refractivity contribution in [2.24, 2.45) is 5.92 Å². The van der Waals surface area contributed by atoms with Crippen LogP contribution in [0.4, 0.5) is 5.69 Å². The van der Waals surface area contributed by atoms with Crippen LogP contribution in [-0.4, -0.2) is 32.3 Å². The highest BCUT2D eigenvalue weighted by atomic mass is 35.5. The van der Waals surface area contributed by atoms with Gasteiger partial charge in [0, 0.05) is 11.6 Å². The Balaban J connectivity index is 1.75. The molecule has 0 aliphatic carbocycles. The number of hydrogen-bond acceptors (Lipinski definition) is 5. The second-order valence-electron chi connectivity index (χ2n) is 8.30. The van der Waals surface area contributed by atoms with Gasteiger partial charge in [0.1, 0.15) is 0 Å². The maximum Gasteiger partial charge on any atom is 0.253 e. The molecule has 192 valence electrons. The summed E-state index contributed by atoms with van der Waals surface area (Å²) < 4.78 is 1.89. The molecule has 3 rings (SSSR count). The first-order chi connectivity index (χ1) is 17.1. The van der Waals surface area contributed by atoms with Crippen LogP contribution in [0.15, 0.2) is 41.6 Å². The van der Waals surface area contributed by atoms with Crippen molar-refractivity contribution >= 4 is 75.7 Å². The van der Waals surface area contributed by atoms with E-state index in [0.717, 1.165) is 0 Å². The summed E-state index contributed by atoms with van der Waals surface area (Å²) in [4.78, 5) is 25.5. The summed E-state index contributed by atoms with van der Waals surface area (Å²) in [5, 5.41) is 16.2. The van der Waals surface area contributed by atoms with Crippen molar-refractivity contribution in [2.45, 2.75) is 44.9 Å². The van der Waals surface area contributed by atoms with Crippen molar-refractivity contribution in [1.29, 1.82) is 0 Å². The molecule has 7 nitrogen and oxygen atoms in total. The Morgan fingerprint density at radius 3 is 2.31 bits per heavy atom. The molecule has 0 aliphatic heterocycles. The van der Waals surface area contributed by atoms with Gasteiger partial charge in [-0.15, -0.1) is 10.2 Å². The van der Waals surface area contributed by atoms with Gasteiger partial charge in [-0.25, -0.2) is 0 Å². The summed E-state index contributed by atoms with van der Waals surface area (Å²) in [7, 11) is 0. The first-order valence-electron chi connectivity index (χ1n) is 11.2. The zero-order chi connectivity index (χ0) is 26.4. The molecule has 1 atom stereocenters. The summed E-state index contributed by atoms with van der Waals surface area (Å²) >= 11 is 25.7. The smallest absolute Gasteiger partial charge is 0.253 e. The Kier molecular flexibility index (Phi) is 10.3. The Bertz CT molecular complexity index is 1230. The number of carbonyl (C=O) groups is 2. The lowest BCUT2D eigenvalue weighted by Crippen LogP contribution is -2.31. The Hall–Kier alpha value is -1.97. The molecule has 0 fully saturated rings. The number of benzene rings is 2. The molecule has 0 saturated carbocycles. The number of nitrogens with zero attached hydrogens (tertiary/aromatic N) is 3. The Labute approximate surface area is 234 Å². The first kappa shape index (κ1) is 28.6. The topological polar surface area (TPSA) is 88.9 Å². The summed E-state index contributed by atoms with van der Waals surface area (Å²) in [6.07, 6.45) is 0.646. The average molecular weight is 589 g/mol. The highest BCUT2D eigenvalue weighted by molar-refractivity contribution is 7.99. The molecule has 2 N–H and O–H groups in total. The van der Waals surface area contributed by atoms with Crippen molar-refractivity contribution in [3.63, 3.8) is 0 Å². The fourth-order valence-corrected chi connectivity index (χ4v) is 5.45. The van der Waals surface area contributed by atoms with Crippen LogP contribution in [0.25, 0.3) is 0 Å².